The minimum atomic E-state index is -0.0458. The summed E-state index contributed by atoms with van der Waals surface area (Å²) in [6.45, 7) is 5.15. The van der Waals surface area contributed by atoms with Crippen LogP contribution in [0.2, 0.25) is 5.02 Å². The van der Waals surface area contributed by atoms with Gasteiger partial charge in [-0.1, -0.05) is 11.6 Å². The largest absolute Gasteiger partial charge is 0.493 e. The van der Waals surface area contributed by atoms with E-state index in [9.17, 15) is 4.79 Å². The highest BCUT2D eigenvalue weighted by Gasteiger charge is 2.21. The topological polar surface area (TPSA) is 64.8 Å². The first-order valence-electron chi connectivity index (χ1n) is 7.67. The molecule has 0 aliphatic carbocycles. The molecule has 1 aromatic rings. The van der Waals surface area contributed by atoms with Gasteiger partial charge in [0.1, 0.15) is 0 Å². The van der Waals surface area contributed by atoms with Gasteiger partial charge in [0, 0.05) is 25.2 Å². The van der Waals surface area contributed by atoms with Crippen molar-refractivity contribution < 1.29 is 14.3 Å². The van der Waals surface area contributed by atoms with Crippen LogP contribution in [0.15, 0.2) is 18.2 Å². The number of carbonyl (C=O) groups is 1. The van der Waals surface area contributed by atoms with Crippen LogP contribution in [0.5, 0.6) is 11.5 Å². The summed E-state index contributed by atoms with van der Waals surface area (Å²) in [5, 5.41) is 0.452. The van der Waals surface area contributed by atoms with Crippen LogP contribution in [0.1, 0.15) is 25.8 Å². The van der Waals surface area contributed by atoms with Crippen molar-refractivity contribution in [2.75, 3.05) is 20.2 Å². The molecule has 0 saturated carbocycles. The fourth-order valence-electron chi connectivity index (χ4n) is 2.45. The minimum absolute atomic E-state index is 0.0104. The van der Waals surface area contributed by atoms with Gasteiger partial charge in [0.05, 0.1) is 18.2 Å². The lowest BCUT2D eigenvalue weighted by molar-refractivity contribution is -0.124. The summed E-state index contributed by atoms with van der Waals surface area (Å²) < 4.78 is 11.0. The molecule has 0 aromatic heterocycles. The zero-order valence-electron chi connectivity index (χ0n) is 13.7. The number of nitrogens with zero attached hydrogens (tertiary/aromatic N) is 1. The molecule has 1 atom stereocenters. The number of carbonyl (C=O) groups excluding carboxylic acids is 1. The fourth-order valence-corrected chi connectivity index (χ4v) is 2.71. The summed E-state index contributed by atoms with van der Waals surface area (Å²) in [4.78, 5) is 13.9. The highest BCUT2D eigenvalue weighted by Crippen LogP contribution is 2.37. The highest BCUT2D eigenvalue weighted by atomic mass is 35.5. The lowest BCUT2D eigenvalue weighted by atomic mass is 10.1. The van der Waals surface area contributed by atoms with Crippen molar-refractivity contribution >= 4 is 23.6 Å². The Labute approximate surface area is 142 Å². The van der Waals surface area contributed by atoms with Crippen LogP contribution in [-0.4, -0.2) is 43.2 Å². The third-order valence-electron chi connectivity index (χ3n) is 3.56. The van der Waals surface area contributed by atoms with Crippen LogP contribution in [0.25, 0.3) is 6.08 Å². The number of ether oxygens (including phenoxy) is 2. The molecule has 1 saturated heterocycles. The monoisotopic (exact) mass is 338 g/mol. The summed E-state index contributed by atoms with van der Waals surface area (Å²) in [6.07, 6.45) is 4.09. The van der Waals surface area contributed by atoms with E-state index in [4.69, 9.17) is 26.8 Å². The Hall–Kier alpha value is -1.72. The van der Waals surface area contributed by atoms with Crippen molar-refractivity contribution in [2.45, 2.75) is 32.4 Å². The molecule has 23 heavy (non-hydrogen) atoms. The van der Waals surface area contributed by atoms with E-state index in [1.54, 1.807) is 30.2 Å². The summed E-state index contributed by atoms with van der Waals surface area (Å²) in [5.74, 6) is 1.01. The Morgan fingerprint density at radius 3 is 2.78 bits per heavy atom. The van der Waals surface area contributed by atoms with E-state index in [2.05, 4.69) is 0 Å². The molecule has 5 nitrogen and oxygen atoms in total. The second kappa shape index (κ2) is 7.70. The molecular formula is C17H23ClN2O3. The van der Waals surface area contributed by atoms with Crippen molar-refractivity contribution in [1.29, 1.82) is 0 Å². The van der Waals surface area contributed by atoms with Crippen molar-refractivity contribution in [3.05, 3.63) is 28.8 Å². The predicted molar refractivity (Wildman–Crippen MR) is 92.0 cm³/mol. The molecular weight excluding hydrogens is 316 g/mol. The molecule has 1 aliphatic rings. The van der Waals surface area contributed by atoms with E-state index in [0.29, 0.717) is 29.6 Å². The van der Waals surface area contributed by atoms with Gasteiger partial charge in [-0.15, -0.1) is 0 Å². The van der Waals surface area contributed by atoms with E-state index in [1.165, 1.54) is 6.08 Å². The number of benzene rings is 1. The van der Waals surface area contributed by atoms with Crippen LogP contribution >= 0.6 is 11.6 Å². The average Bonchev–Trinajstić information content (AvgIpc) is 2.93. The summed E-state index contributed by atoms with van der Waals surface area (Å²) in [6, 6.07) is 3.62. The fraction of sp³-hybridized carbons (Fsp3) is 0.471. The third-order valence-corrected chi connectivity index (χ3v) is 3.84. The molecule has 0 radical (unpaired) electrons. The second-order valence-corrected chi connectivity index (χ2v) is 6.27. The summed E-state index contributed by atoms with van der Waals surface area (Å²) in [5.41, 5.74) is 6.60. The molecule has 6 heteroatoms. The maximum absolute atomic E-state index is 12.1. The average molecular weight is 339 g/mol. The SMILES string of the molecule is COc1cc(C=CC(=O)N2CC[C@H](N)C2)cc(Cl)c1OC(C)C. The van der Waals surface area contributed by atoms with Crippen LogP contribution in [0, 0.1) is 0 Å². The Bertz CT molecular complexity index is 602. The number of amides is 1. The van der Waals surface area contributed by atoms with E-state index in [-0.39, 0.29) is 18.1 Å². The van der Waals surface area contributed by atoms with E-state index < -0.39 is 0 Å². The standard InChI is InChI=1S/C17H23ClN2O3/c1-11(2)23-17-14(18)8-12(9-15(17)22-3)4-5-16(21)20-7-6-13(19)10-20/h4-5,8-9,11,13H,6-7,10,19H2,1-3H3/t13-/m0/s1. The molecule has 126 valence electrons. The Morgan fingerprint density at radius 1 is 1.48 bits per heavy atom. The Morgan fingerprint density at radius 2 is 2.22 bits per heavy atom. The van der Waals surface area contributed by atoms with E-state index in [0.717, 1.165) is 12.0 Å². The molecule has 0 unspecified atom stereocenters. The maximum atomic E-state index is 12.1. The first kappa shape index (κ1) is 17.6. The van der Waals surface area contributed by atoms with Crippen LogP contribution in [0.4, 0.5) is 0 Å². The van der Waals surface area contributed by atoms with Crippen molar-refractivity contribution in [1.82, 2.24) is 4.90 Å². The predicted octanol–water partition coefficient (Wildman–Crippen LogP) is 2.71. The van der Waals surface area contributed by atoms with E-state index >= 15 is 0 Å². The van der Waals surface area contributed by atoms with Crippen LogP contribution in [0.3, 0.4) is 0 Å². The minimum Gasteiger partial charge on any atom is -0.493 e. The van der Waals surface area contributed by atoms with Gasteiger partial charge in [0.25, 0.3) is 0 Å². The second-order valence-electron chi connectivity index (χ2n) is 5.87. The molecule has 1 fully saturated rings. The number of methoxy groups -OCH3 is 1. The Kier molecular flexibility index (Phi) is 5.91. The molecule has 0 bridgehead atoms. The van der Waals surface area contributed by atoms with Crippen molar-refractivity contribution in [2.24, 2.45) is 5.73 Å². The lowest BCUT2D eigenvalue weighted by Gasteiger charge is -2.16. The van der Waals surface area contributed by atoms with Gasteiger partial charge in [-0.3, -0.25) is 4.79 Å². The van der Waals surface area contributed by atoms with Gasteiger partial charge >= 0.3 is 0 Å². The Balaban J connectivity index is 2.15. The van der Waals surface area contributed by atoms with Gasteiger partial charge in [-0.05, 0) is 44.0 Å². The summed E-state index contributed by atoms with van der Waals surface area (Å²) in [7, 11) is 1.56. The number of likely N-dealkylation sites (tertiary alicyclic amines) is 1. The molecule has 2 rings (SSSR count). The van der Waals surface area contributed by atoms with Gasteiger partial charge < -0.3 is 20.1 Å². The molecule has 1 aliphatic heterocycles. The molecule has 1 amide bonds. The molecule has 0 spiro atoms. The van der Waals surface area contributed by atoms with Gasteiger partial charge in [0.2, 0.25) is 5.91 Å². The van der Waals surface area contributed by atoms with Gasteiger partial charge in [0.15, 0.2) is 11.5 Å². The van der Waals surface area contributed by atoms with Crippen LogP contribution in [-0.2, 0) is 4.79 Å². The first-order chi connectivity index (χ1) is 10.9. The van der Waals surface area contributed by atoms with Gasteiger partial charge in [-0.2, -0.15) is 0 Å². The molecule has 2 N–H and O–H groups in total. The first-order valence-corrected chi connectivity index (χ1v) is 8.05. The highest BCUT2D eigenvalue weighted by molar-refractivity contribution is 6.32. The smallest absolute Gasteiger partial charge is 0.246 e. The number of hydrogen-bond acceptors (Lipinski definition) is 4. The summed E-state index contributed by atoms with van der Waals surface area (Å²) >= 11 is 6.27. The zero-order valence-corrected chi connectivity index (χ0v) is 14.5. The number of hydrogen-bond donors (Lipinski definition) is 1. The van der Waals surface area contributed by atoms with E-state index in [1.807, 2.05) is 13.8 Å². The van der Waals surface area contributed by atoms with Crippen molar-refractivity contribution in [3.63, 3.8) is 0 Å². The lowest BCUT2D eigenvalue weighted by Crippen LogP contribution is -2.30. The zero-order chi connectivity index (χ0) is 17.0. The van der Waals surface area contributed by atoms with Crippen LogP contribution < -0.4 is 15.2 Å². The third kappa shape index (κ3) is 4.62. The number of rotatable bonds is 5. The van der Waals surface area contributed by atoms with Crippen molar-refractivity contribution in [3.8, 4) is 11.5 Å². The normalized spacial score (nSPS) is 18.0. The molecule has 1 heterocycles. The quantitative estimate of drug-likeness (QED) is 0.838. The van der Waals surface area contributed by atoms with Gasteiger partial charge in [-0.25, -0.2) is 0 Å². The number of halogens is 1. The molecule has 1 aromatic carbocycles. The maximum Gasteiger partial charge on any atom is 0.246 e. The number of nitrogens with two attached hydrogens (primary N) is 1.